The molecule has 0 saturated carbocycles. The summed E-state index contributed by atoms with van der Waals surface area (Å²) >= 11 is 1.76. The van der Waals surface area contributed by atoms with Gasteiger partial charge in [-0.1, -0.05) is 20.8 Å². The molecule has 4 nitrogen and oxygen atoms in total. The highest BCUT2D eigenvalue weighted by atomic mass is 32.1. The van der Waals surface area contributed by atoms with Gasteiger partial charge < -0.3 is 15.3 Å². The molecule has 1 aromatic heterocycles. The Labute approximate surface area is 132 Å². The molecule has 0 bridgehead atoms. The van der Waals surface area contributed by atoms with E-state index < -0.39 is 0 Å². The highest BCUT2D eigenvalue weighted by molar-refractivity contribution is 7.09. The van der Waals surface area contributed by atoms with Gasteiger partial charge >= 0.3 is 0 Å². The number of rotatable bonds is 6. The summed E-state index contributed by atoms with van der Waals surface area (Å²) in [6.07, 6.45) is 2.96. The lowest BCUT2D eigenvalue weighted by molar-refractivity contribution is 0.0821. The van der Waals surface area contributed by atoms with Crippen molar-refractivity contribution in [1.29, 1.82) is 0 Å². The Morgan fingerprint density at radius 1 is 1.38 bits per heavy atom. The number of thiazole rings is 1. The van der Waals surface area contributed by atoms with E-state index in [4.69, 9.17) is 4.98 Å². The van der Waals surface area contributed by atoms with Gasteiger partial charge in [-0.25, -0.2) is 4.98 Å². The van der Waals surface area contributed by atoms with E-state index >= 15 is 0 Å². The summed E-state index contributed by atoms with van der Waals surface area (Å²) < 4.78 is 0. The highest BCUT2D eigenvalue weighted by Crippen LogP contribution is 2.25. The molecular formula is C16H29N3OS. The van der Waals surface area contributed by atoms with Gasteiger partial charge in [0.15, 0.2) is 0 Å². The second-order valence-corrected chi connectivity index (χ2v) is 7.86. The van der Waals surface area contributed by atoms with Gasteiger partial charge in [-0.15, -0.1) is 11.3 Å². The zero-order chi connectivity index (χ0) is 15.3. The molecule has 5 heteroatoms. The molecule has 1 fully saturated rings. The number of hydrogen-bond donors (Lipinski definition) is 2. The third kappa shape index (κ3) is 5.66. The quantitative estimate of drug-likeness (QED) is 0.792. The van der Waals surface area contributed by atoms with Crippen LogP contribution in [-0.2, 0) is 12.0 Å². The molecular weight excluding hydrogens is 282 g/mol. The lowest BCUT2D eigenvalue weighted by Gasteiger charge is -2.29. The smallest absolute Gasteiger partial charge is 0.0982 e. The monoisotopic (exact) mass is 311 g/mol. The van der Waals surface area contributed by atoms with Gasteiger partial charge in [0.25, 0.3) is 0 Å². The van der Waals surface area contributed by atoms with Crippen LogP contribution in [0.4, 0.5) is 0 Å². The third-order valence-corrected chi connectivity index (χ3v) is 5.20. The van der Waals surface area contributed by atoms with E-state index in [2.05, 4.69) is 36.4 Å². The van der Waals surface area contributed by atoms with Crippen LogP contribution in [0, 0.1) is 0 Å². The first kappa shape index (κ1) is 16.9. The first-order chi connectivity index (χ1) is 9.95. The Bertz CT molecular complexity index is 419. The SMILES string of the molecule is CC(C)(C)c1nc(CNCCCN2CCC(O)CC2)cs1. The third-order valence-electron chi connectivity index (χ3n) is 3.88. The normalized spacial score (nSPS) is 18.3. The van der Waals surface area contributed by atoms with Crippen LogP contribution in [0.25, 0.3) is 0 Å². The number of piperidine rings is 1. The zero-order valence-corrected chi connectivity index (χ0v) is 14.4. The number of likely N-dealkylation sites (tertiary alicyclic amines) is 1. The lowest BCUT2D eigenvalue weighted by atomic mass is 9.98. The first-order valence-electron chi connectivity index (χ1n) is 8.01. The molecule has 2 heterocycles. The maximum atomic E-state index is 9.48. The van der Waals surface area contributed by atoms with Crippen LogP contribution in [-0.4, -0.2) is 47.3 Å². The first-order valence-corrected chi connectivity index (χ1v) is 8.89. The number of aromatic nitrogens is 1. The number of hydrogen-bond acceptors (Lipinski definition) is 5. The predicted octanol–water partition coefficient (Wildman–Crippen LogP) is 2.38. The Kier molecular flexibility index (Phi) is 6.17. The van der Waals surface area contributed by atoms with Crippen LogP contribution >= 0.6 is 11.3 Å². The summed E-state index contributed by atoms with van der Waals surface area (Å²) in [5.74, 6) is 0. The largest absolute Gasteiger partial charge is 0.393 e. The minimum Gasteiger partial charge on any atom is -0.393 e. The van der Waals surface area contributed by atoms with Crippen molar-refractivity contribution in [3.05, 3.63) is 16.1 Å². The molecule has 0 amide bonds. The topological polar surface area (TPSA) is 48.4 Å². The van der Waals surface area contributed by atoms with Crippen LogP contribution in [0.3, 0.4) is 0 Å². The predicted molar refractivity (Wildman–Crippen MR) is 88.8 cm³/mol. The van der Waals surface area contributed by atoms with Crippen molar-refractivity contribution in [2.45, 2.75) is 58.1 Å². The number of aliphatic hydroxyl groups is 1. The van der Waals surface area contributed by atoms with Gasteiger partial charge in [-0.3, -0.25) is 0 Å². The summed E-state index contributed by atoms with van der Waals surface area (Å²) in [4.78, 5) is 7.15. The van der Waals surface area contributed by atoms with Crippen LogP contribution in [0.2, 0.25) is 0 Å². The molecule has 0 radical (unpaired) electrons. The van der Waals surface area contributed by atoms with Gasteiger partial charge in [0, 0.05) is 30.4 Å². The van der Waals surface area contributed by atoms with E-state index in [1.807, 2.05) is 0 Å². The fourth-order valence-electron chi connectivity index (χ4n) is 2.52. The van der Waals surface area contributed by atoms with Crippen LogP contribution < -0.4 is 5.32 Å². The fraction of sp³-hybridized carbons (Fsp3) is 0.812. The minimum atomic E-state index is -0.0685. The van der Waals surface area contributed by atoms with Gasteiger partial charge in [-0.05, 0) is 32.4 Å². The molecule has 120 valence electrons. The van der Waals surface area contributed by atoms with Crippen molar-refractivity contribution in [2.75, 3.05) is 26.2 Å². The molecule has 0 atom stereocenters. The molecule has 0 aliphatic carbocycles. The van der Waals surface area contributed by atoms with Crippen molar-refractivity contribution in [1.82, 2.24) is 15.2 Å². The Morgan fingerprint density at radius 3 is 2.71 bits per heavy atom. The van der Waals surface area contributed by atoms with E-state index in [1.54, 1.807) is 11.3 Å². The van der Waals surface area contributed by atoms with E-state index in [9.17, 15) is 5.11 Å². The van der Waals surface area contributed by atoms with Crippen molar-refractivity contribution in [3.8, 4) is 0 Å². The summed E-state index contributed by atoms with van der Waals surface area (Å²) in [6, 6.07) is 0. The minimum absolute atomic E-state index is 0.0685. The molecule has 21 heavy (non-hydrogen) atoms. The van der Waals surface area contributed by atoms with Crippen molar-refractivity contribution in [2.24, 2.45) is 0 Å². The molecule has 2 N–H and O–H groups in total. The van der Waals surface area contributed by atoms with Crippen molar-refractivity contribution >= 4 is 11.3 Å². The van der Waals surface area contributed by atoms with E-state index in [-0.39, 0.29) is 11.5 Å². The molecule has 0 unspecified atom stereocenters. The number of nitrogens with one attached hydrogen (secondary N) is 1. The van der Waals surface area contributed by atoms with E-state index in [0.29, 0.717) is 0 Å². The van der Waals surface area contributed by atoms with E-state index in [0.717, 1.165) is 57.7 Å². The Balaban J connectivity index is 1.58. The molecule has 0 spiro atoms. The van der Waals surface area contributed by atoms with E-state index in [1.165, 1.54) is 5.01 Å². The standard InChI is InChI=1S/C16H29N3OS/c1-16(2,3)15-18-13(12-21-15)11-17-7-4-8-19-9-5-14(20)6-10-19/h12,14,17,20H,4-11H2,1-3H3. The van der Waals surface area contributed by atoms with Crippen molar-refractivity contribution < 1.29 is 5.11 Å². The van der Waals surface area contributed by atoms with Gasteiger partial charge in [0.2, 0.25) is 0 Å². The molecule has 1 aliphatic heterocycles. The number of nitrogens with zero attached hydrogens (tertiary/aromatic N) is 2. The van der Waals surface area contributed by atoms with Crippen LogP contribution in [0.5, 0.6) is 0 Å². The zero-order valence-electron chi connectivity index (χ0n) is 13.6. The van der Waals surface area contributed by atoms with Gasteiger partial charge in [-0.2, -0.15) is 0 Å². The molecule has 1 aliphatic rings. The lowest BCUT2D eigenvalue weighted by Crippen LogP contribution is -2.37. The van der Waals surface area contributed by atoms with Gasteiger partial charge in [0.1, 0.15) is 0 Å². The van der Waals surface area contributed by atoms with Crippen molar-refractivity contribution in [3.63, 3.8) is 0 Å². The summed E-state index contributed by atoms with van der Waals surface area (Å²) in [6.45, 7) is 11.7. The maximum absolute atomic E-state index is 9.48. The Morgan fingerprint density at radius 2 is 2.10 bits per heavy atom. The average molecular weight is 311 g/mol. The average Bonchev–Trinajstić information content (AvgIpc) is 2.89. The summed E-state index contributed by atoms with van der Waals surface area (Å²) in [5, 5.41) is 16.3. The number of aliphatic hydroxyl groups excluding tert-OH is 1. The van der Waals surface area contributed by atoms with Crippen LogP contribution in [0.1, 0.15) is 50.7 Å². The fourth-order valence-corrected chi connectivity index (χ4v) is 3.43. The van der Waals surface area contributed by atoms with Gasteiger partial charge in [0.05, 0.1) is 16.8 Å². The van der Waals surface area contributed by atoms with Crippen LogP contribution in [0.15, 0.2) is 5.38 Å². The highest BCUT2D eigenvalue weighted by Gasteiger charge is 2.18. The summed E-state index contributed by atoms with van der Waals surface area (Å²) in [5.41, 5.74) is 1.31. The second kappa shape index (κ2) is 7.68. The molecule has 1 saturated heterocycles. The molecule has 2 rings (SSSR count). The Hall–Kier alpha value is -0.490. The summed E-state index contributed by atoms with van der Waals surface area (Å²) in [7, 11) is 0. The second-order valence-electron chi connectivity index (χ2n) is 7.00. The molecule has 1 aromatic rings. The maximum Gasteiger partial charge on any atom is 0.0982 e. The molecule has 0 aromatic carbocycles.